The Balaban J connectivity index is 3.79. The van der Waals surface area contributed by atoms with Crippen LogP contribution in [0, 0.1) is 6.92 Å². The van der Waals surface area contributed by atoms with Gasteiger partial charge in [-0.1, -0.05) is 26.7 Å². The van der Waals surface area contributed by atoms with Gasteiger partial charge in [-0.2, -0.15) is 0 Å². The lowest BCUT2D eigenvalue weighted by atomic mass is 10.2. The van der Waals surface area contributed by atoms with Crippen LogP contribution in [0.15, 0.2) is 0 Å². The molecule has 0 aliphatic carbocycles. The Kier molecular flexibility index (Phi) is 7.76. The van der Waals surface area contributed by atoms with Crippen molar-refractivity contribution in [3.8, 4) is 0 Å². The Labute approximate surface area is 82.3 Å². The molecule has 13 heavy (non-hydrogen) atoms. The summed E-state index contributed by atoms with van der Waals surface area (Å²) in [6, 6.07) is 0. The highest BCUT2D eigenvalue weighted by molar-refractivity contribution is 5.76. The van der Waals surface area contributed by atoms with Gasteiger partial charge in [0.1, 0.15) is 0 Å². The van der Waals surface area contributed by atoms with E-state index in [-0.39, 0.29) is 5.91 Å². The molecule has 0 aromatic rings. The van der Waals surface area contributed by atoms with Gasteiger partial charge in [0.2, 0.25) is 5.91 Å². The van der Waals surface area contributed by atoms with E-state index in [9.17, 15) is 4.79 Å². The molecule has 0 N–H and O–H groups in total. The first-order chi connectivity index (χ1) is 6.26. The fourth-order valence-electron chi connectivity index (χ4n) is 1.22. The predicted octanol–water partition coefficient (Wildman–Crippen LogP) is 2.64. The molecule has 0 bridgehead atoms. The molecule has 0 rings (SSSR count). The number of hydrogen-bond acceptors (Lipinski definition) is 1. The Morgan fingerprint density at radius 3 is 1.92 bits per heavy atom. The van der Waals surface area contributed by atoms with Crippen LogP contribution in [0.25, 0.3) is 0 Å². The van der Waals surface area contributed by atoms with Crippen molar-refractivity contribution in [2.24, 2.45) is 0 Å². The zero-order valence-electron chi connectivity index (χ0n) is 9.01. The summed E-state index contributed by atoms with van der Waals surface area (Å²) in [5.74, 6) is 0.196. The highest BCUT2D eigenvalue weighted by atomic mass is 16.2. The molecular formula is C11H22NO. The van der Waals surface area contributed by atoms with Crippen LogP contribution in [0.4, 0.5) is 0 Å². The van der Waals surface area contributed by atoms with E-state index in [1.165, 1.54) is 0 Å². The van der Waals surface area contributed by atoms with Gasteiger partial charge >= 0.3 is 0 Å². The molecule has 0 saturated heterocycles. The molecule has 2 nitrogen and oxygen atoms in total. The Morgan fingerprint density at radius 1 is 1.15 bits per heavy atom. The molecule has 0 atom stereocenters. The Bertz CT molecular complexity index is 126. The molecule has 0 unspecified atom stereocenters. The average molecular weight is 184 g/mol. The molecule has 0 aromatic heterocycles. The second-order valence-electron chi connectivity index (χ2n) is 3.34. The Hall–Kier alpha value is -0.530. The quantitative estimate of drug-likeness (QED) is 0.595. The monoisotopic (exact) mass is 184 g/mol. The first kappa shape index (κ1) is 12.5. The zero-order valence-corrected chi connectivity index (χ0v) is 9.01. The first-order valence-corrected chi connectivity index (χ1v) is 5.33. The topological polar surface area (TPSA) is 20.3 Å². The number of carbonyl (C=O) groups is 1. The maximum Gasteiger partial charge on any atom is 0.222 e. The minimum atomic E-state index is 0.196. The zero-order chi connectivity index (χ0) is 10.1. The van der Waals surface area contributed by atoms with E-state index < -0.39 is 0 Å². The second-order valence-corrected chi connectivity index (χ2v) is 3.34. The van der Waals surface area contributed by atoms with Crippen molar-refractivity contribution in [3.05, 3.63) is 6.92 Å². The standard InChI is InChI=1S/C11H22NO/c1-4-7-9-12(10-8-5-2)11(13)6-3/h3-10H2,1-2H3. The van der Waals surface area contributed by atoms with E-state index >= 15 is 0 Å². The molecule has 0 spiro atoms. The summed E-state index contributed by atoms with van der Waals surface area (Å²) in [7, 11) is 0. The van der Waals surface area contributed by atoms with Crippen LogP contribution in [-0.2, 0) is 4.79 Å². The van der Waals surface area contributed by atoms with E-state index in [2.05, 4.69) is 20.8 Å². The predicted molar refractivity (Wildman–Crippen MR) is 56.4 cm³/mol. The van der Waals surface area contributed by atoms with Gasteiger partial charge in [-0.05, 0) is 19.8 Å². The molecular weight excluding hydrogens is 162 g/mol. The van der Waals surface area contributed by atoms with Crippen molar-refractivity contribution in [2.45, 2.75) is 46.0 Å². The van der Waals surface area contributed by atoms with Gasteiger partial charge in [-0.3, -0.25) is 4.79 Å². The summed E-state index contributed by atoms with van der Waals surface area (Å²) in [5.41, 5.74) is 0. The van der Waals surface area contributed by atoms with Crippen LogP contribution in [-0.4, -0.2) is 23.9 Å². The normalized spacial score (nSPS) is 10.1. The molecule has 0 saturated carbocycles. The van der Waals surface area contributed by atoms with E-state index in [1.54, 1.807) is 0 Å². The molecule has 0 aliphatic heterocycles. The molecule has 77 valence electrons. The highest BCUT2D eigenvalue weighted by Crippen LogP contribution is 2.01. The molecule has 0 aromatic carbocycles. The third-order valence-corrected chi connectivity index (χ3v) is 2.13. The summed E-state index contributed by atoms with van der Waals surface area (Å²) < 4.78 is 0. The lowest BCUT2D eigenvalue weighted by Gasteiger charge is -2.21. The van der Waals surface area contributed by atoms with Gasteiger partial charge in [0.15, 0.2) is 0 Å². The summed E-state index contributed by atoms with van der Waals surface area (Å²) >= 11 is 0. The van der Waals surface area contributed by atoms with Crippen molar-refractivity contribution in [1.82, 2.24) is 4.90 Å². The maximum absolute atomic E-state index is 11.4. The molecule has 2 heteroatoms. The van der Waals surface area contributed by atoms with Crippen molar-refractivity contribution >= 4 is 5.91 Å². The number of nitrogens with zero attached hydrogens (tertiary/aromatic N) is 1. The van der Waals surface area contributed by atoms with Crippen LogP contribution < -0.4 is 0 Å². The number of carbonyl (C=O) groups excluding carboxylic acids is 1. The van der Waals surface area contributed by atoms with Crippen molar-refractivity contribution in [1.29, 1.82) is 0 Å². The molecule has 0 aliphatic rings. The van der Waals surface area contributed by atoms with Gasteiger partial charge in [0.05, 0.1) is 0 Å². The second kappa shape index (κ2) is 8.09. The SMILES string of the molecule is [CH2]CC(=O)N(CCCC)CCCC. The number of amides is 1. The largest absolute Gasteiger partial charge is 0.343 e. The molecule has 0 heterocycles. The van der Waals surface area contributed by atoms with E-state index in [0.717, 1.165) is 38.8 Å². The summed E-state index contributed by atoms with van der Waals surface area (Å²) in [6.45, 7) is 9.74. The minimum Gasteiger partial charge on any atom is -0.343 e. The van der Waals surface area contributed by atoms with Gasteiger partial charge < -0.3 is 4.90 Å². The van der Waals surface area contributed by atoms with Crippen molar-refractivity contribution in [3.63, 3.8) is 0 Å². The van der Waals surface area contributed by atoms with Gasteiger partial charge in [-0.15, -0.1) is 0 Å². The summed E-state index contributed by atoms with van der Waals surface area (Å²) in [5, 5.41) is 0. The lowest BCUT2D eigenvalue weighted by Crippen LogP contribution is -2.32. The van der Waals surface area contributed by atoms with E-state index in [4.69, 9.17) is 0 Å². The average Bonchev–Trinajstić information content (AvgIpc) is 2.17. The summed E-state index contributed by atoms with van der Waals surface area (Å²) in [4.78, 5) is 13.3. The summed E-state index contributed by atoms with van der Waals surface area (Å²) in [6.07, 6.45) is 4.90. The fourth-order valence-corrected chi connectivity index (χ4v) is 1.22. The van der Waals surface area contributed by atoms with Crippen LogP contribution in [0.3, 0.4) is 0 Å². The number of unbranched alkanes of at least 4 members (excludes halogenated alkanes) is 2. The van der Waals surface area contributed by atoms with Crippen LogP contribution in [0.2, 0.25) is 0 Å². The van der Waals surface area contributed by atoms with Crippen LogP contribution >= 0.6 is 0 Å². The third-order valence-electron chi connectivity index (χ3n) is 2.13. The third kappa shape index (κ3) is 5.67. The van der Waals surface area contributed by atoms with E-state index in [0.29, 0.717) is 6.42 Å². The Morgan fingerprint density at radius 2 is 1.62 bits per heavy atom. The number of rotatable bonds is 7. The van der Waals surface area contributed by atoms with Gasteiger partial charge in [-0.25, -0.2) is 0 Å². The fraction of sp³-hybridized carbons (Fsp3) is 0.818. The first-order valence-electron chi connectivity index (χ1n) is 5.33. The van der Waals surface area contributed by atoms with Crippen LogP contribution in [0.1, 0.15) is 46.0 Å². The number of hydrogen-bond donors (Lipinski definition) is 0. The smallest absolute Gasteiger partial charge is 0.222 e. The van der Waals surface area contributed by atoms with E-state index in [1.807, 2.05) is 4.90 Å². The lowest BCUT2D eigenvalue weighted by molar-refractivity contribution is -0.130. The molecule has 0 fully saturated rings. The van der Waals surface area contributed by atoms with Gasteiger partial charge in [0, 0.05) is 19.5 Å². The minimum absolute atomic E-state index is 0.196. The van der Waals surface area contributed by atoms with Crippen molar-refractivity contribution in [2.75, 3.05) is 13.1 Å². The van der Waals surface area contributed by atoms with Gasteiger partial charge in [0.25, 0.3) is 0 Å². The molecule has 1 radical (unpaired) electrons. The van der Waals surface area contributed by atoms with Crippen LogP contribution in [0.5, 0.6) is 0 Å². The van der Waals surface area contributed by atoms with Crippen molar-refractivity contribution < 1.29 is 4.79 Å². The maximum atomic E-state index is 11.4. The highest BCUT2D eigenvalue weighted by Gasteiger charge is 2.08. The molecule has 1 amide bonds.